The highest BCUT2D eigenvalue weighted by molar-refractivity contribution is 6.42. The monoisotopic (exact) mass is 264 g/mol. The molecular formula is C12H15Cl3. The molecule has 0 saturated carbocycles. The number of rotatable bonds is 4. The molecule has 0 heterocycles. The van der Waals surface area contributed by atoms with E-state index in [9.17, 15) is 0 Å². The largest absolute Gasteiger partial charge is 0.126 e. The molecule has 0 aromatic heterocycles. The standard InChI is InChI=1S/C12H15Cl3/c1-8(2)10(7-13)5-9-3-4-11(14)12(15)6-9/h3-4,6,8,10H,5,7H2,1-2H3. The fourth-order valence-electron chi connectivity index (χ4n) is 1.44. The predicted octanol–water partition coefficient (Wildman–Crippen LogP) is 5.05. The topological polar surface area (TPSA) is 0 Å². The molecule has 0 amide bonds. The summed E-state index contributed by atoms with van der Waals surface area (Å²) in [5, 5.41) is 1.22. The van der Waals surface area contributed by atoms with E-state index >= 15 is 0 Å². The van der Waals surface area contributed by atoms with E-state index in [4.69, 9.17) is 34.8 Å². The molecule has 0 nitrogen and oxygen atoms in total. The van der Waals surface area contributed by atoms with Crippen LogP contribution < -0.4 is 0 Å². The second kappa shape index (κ2) is 5.98. The van der Waals surface area contributed by atoms with E-state index in [1.807, 2.05) is 18.2 Å². The minimum Gasteiger partial charge on any atom is -0.126 e. The maximum absolute atomic E-state index is 5.96. The van der Waals surface area contributed by atoms with Crippen molar-refractivity contribution in [1.82, 2.24) is 0 Å². The zero-order valence-electron chi connectivity index (χ0n) is 8.93. The maximum Gasteiger partial charge on any atom is 0.0595 e. The minimum absolute atomic E-state index is 0.490. The molecule has 15 heavy (non-hydrogen) atoms. The minimum atomic E-state index is 0.490. The SMILES string of the molecule is CC(C)C(CCl)Cc1ccc(Cl)c(Cl)c1. The van der Waals surface area contributed by atoms with Crippen LogP contribution in [0.2, 0.25) is 10.0 Å². The van der Waals surface area contributed by atoms with Gasteiger partial charge in [-0.1, -0.05) is 43.1 Å². The van der Waals surface area contributed by atoms with Crippen LogP contribution in [0.25, 0.3) is 0 Å². The van der Waals surface area contributed by atoms with Gasteiger partial charge in [0.15, 0.2) is 0 Å². The molecule has 3 heteroatoms. The molecule has 0 bridgehead atoms. The van der Waals surface area contributed by atoms with Crippen molar-refractivity contribution < 1.29 is 0 Å². The van der Waals surface area contributed by atoms with Gasteiger partial charge in [0, 0.05) is 5.88 Å². The second-order valence-corrected chi connectivity index (χ2v) is 5.23. The zero-order chi connectivity index (χ0) is 11.4. The van der Waals surface area contributed by atoms with Gasteiger partial charge in [0.05, 0.1) is 10.0 Å². The van der Waals surface area contributed by atoms with Crippen LogP contribution in [-0.4, -0.2) is 5.88 Å². The van der Waals surface area contributed by atoms with E-state index in [2.05, 4.69) is 13.8 Å². The predicted molar refractivity (Wildman–Crippen MR) is 69.2 cm³/mol. The van der Waals surface area contributed by atoms with Crippen LogP contribution in [0.5, 0.6) is 0 Å². The van der Waals surface area contributed by atoms with Crippen molar-refractivity contribution in [2.45, 2.75) is 20.3 Å². The van der Waals surface area contributed by atoms with E-state index in [1.165, 1.54) is 5.56 Å². The fourth-order valence-corrected chi connectivity index (χ4v) is 2.22. The first kappa shape index (κ1) is 13.2. The van der Waals surface area contributed by atoms with Crippen LogP contribution in [0.1, 0.15) is 19.4 Å². The van der Waals surface area contributed by atoms with Crippen molar-refractivity contribution in [3.63, 3.8) is 0 Å². The molecule has 1 aromatic rings. The summed E-state index contributed by atoms with van der Waals surface area (Å²) in [4.78, 5) is 0. The lowest BCUT2D eigenvalue weighted by atomic mass is 9.91. The van der Waals surface area contributed by atoms with Gasteiger partial charge in [0.2, 0.25) is 0 Å². The van der Waals surface area contributed by atoms with Crippen molar-refractivity contribution >= 4 is 34.8 Å². The van der Waals surface area contributed by atoms with Gasteiger partial charge < -0.3 is 0 Å². The molecule has 1 atom stereocenters. The van der Waals surface area contributed by atoms with E-state index in [-0.39, 0.29) is 0 Å². The van der Waals surface area contributed by atoms with Crippen LogP contribution in [-0.2, 0) is 6.42 Å². The van der Waals surface area contributed by atoms with Gasteiger partial charge in [0.25, 0.3) is 0 Å². The lowest BCUT2D eigenvalue weighted by Crippen LogP contribution is -2.13. The molecule has 0 N–H and O–H groups in total. The number of alkyl halides is 1. The Kier molecular flexibility index (Phi) is 5.25. The highest BCUT2D eigenvalue weighted by Crippen LogP contribution is 2.25. The van der Waals surface area contributed by atoms with Crippen molar-refractivity contribution in [3.8, 4) is 0 Å². The summed E-state index contributed by atoms with van der Waals surface area (Å²) in [6, 6.07) is 5.77. The Morgan fingerprint density at radius 2 is 1.80 bits per heavy atom. The Bertz CT molecular complexity index is 321. The first-order valence-electron chi connectivity index (χ1n) is 5.04. The van der Waals surface area contributed by atoms with Crippen molar-refractivity contribution in [1.29, 1.82) is 0 Å². The van der Waals surface area contributed by atoms with Crippen LogP contribution in [0, 0.1) is 11.8 Å². The molecule has 1 aromatic carbocycles. The van der Waals surface area contributed by atoms with Crippen LogP contribution in [0.3, 0.4) is 0 Å². The average Bonchev–Trinajstić information content (AvgIpc) is 2.19. The molecule has 1 rings (SSSR count). The zero-order valence-corrected chi connectivity index (χ0v) is 11.2. The third kappa shape index (κ3) is 3.86. The highest BCUT2D eigenvalue weighted by Gasteiger charge is 2.13. The van der Waals surface area contributed by atoms with Gasteiger partial charge in [0.1, 0.15) is 0 Å². The average molecular weight is 266 g/mol. The lowest BCUT2D eigenvalue weighted by molar-refractivity contribution is 0.422. The Morgan fingerprint density at radius 3 is 2.27 bits per heavy atom. The third-order valence-corrected chi connectivity index (χ3v) is 3.76. The number of benzene rings is 1. The van der Waals surface area contributed by atoms with Gasteiger partial charge in [-0.2, -0.15) is 0 Å². The van der Waals surface area contributed by atoms with Gasteiger partial charge in [-0.15, -0.1) is 11.6 Å². The van der Waals surface area contributed by atoms with Crippen molar-refractivity contribution in [2.75, 3.05) is 5.88 Å². The summed E-state index contributed by atoms with van der Waals surface area (Å²) in [5.74, 6) is 1.75. The Labute approximate surface area is 107 Å². The summed E-state index contributed by atoms with van der Waals surface area (Å²) < 4.78 is 0. The summed E-state index contributed by atoms with van der Waals surface area (Å²) in [5.41, 5.74) is 1.20. The van der Waals surface area contributed by atoms with Gasteiger partial charge in [-0.05, 0) is 36.0 Å². The van der Waals surface area contributed by atoms with E-state index in [1.54, 1.807) is 0 Å². The van der Waals surface area contributed by atoms with Crippen LogP contribution in [0.15, 0.2) is 18.2 Å². The normalized spacial score (nSPS) is 13.2. The molecule has 84 valence electrons. The molecule has 0 aliphatic rings. The molecule has 0 aliphatic carbocycles. The molecule has 0 fully saturated rings. The summed E-state index contributed by atoms with van der Waals surface area (Å²) in [7, 11) is 0. The maximum atomic E-state index is 5.96. The summed E-state index contributed by atoms with van der Waals surface area (Å²) in [6.07, 6.45) is 0.956. The molecule has 0 aliphatic heterocycles. The molecule has 1 unspecified atom stereocenters. The Balaban J connectivity index is 2.75. The number of hydrogen-bond acceptors (Lipinski definition) is 0. The molecule has 0 saturated heterocycles. The summed E-state index contributed by atoms with van der Waals surface area (Å²) in [6.45, 7) is 4.37. The third-order valence-electron chi connectivity index (χ3n) is 2.62. The molecule has 0 spiro atoms. The Morgan fingerprint density at radius 1 is 1.13 bits per heavy atom. The van der Waals surface area contributed by atoms with Crippen molar-refractivity contribution in [3.05, 3.63) is 33.8 Å². The number of halogens is 3. The first-order valence-corrected chi connectivity index (χ1v) is 6.33. The van der Waals surface area contributed by atoms with Gasteiger partial charge in [-0.3, -0.25) is 0 Å². The van der Waals surface area contributed by atoms with E-state index in [0.29, 0.717) is 27.8 Å². The second-order valence-electron chi connectivity index (χ2n) is 4.11. The van der Waals surface area contributed by atoms with Crippen LogP contribution >= 0.6 is 34.8 Å². The fraction of sp³-hybridized carbons (Fsp3) is 0.500. The smallest absolute Gasteiger partial charge is 0.0595 e. The lowest BCUT2D eigenvalue weighted by Gasteiger charge is -2.18. The Hall–Kier alpha value is 0.0900. The summed E-state index contributed by atoms with van der Waals surface area (Å²) >= 11 is 17.7. The molecule has 0 radical (unpaired) electrons. The van der Waals surface area contributed by atoms with Gasteiger partial charge in [-0.25, -0.2) is 0 Å². The first-order chi connectivity index (χ1) is 7.04. The highest BCUT2D eigenvalue weighted by atomic mass is 35.5. The van der Waals surface area contributed by atoms with E-state index < -0.39 is 0 Å². The number of hydrogen-bond donors (Lipinski definition) is 0. The van der Waals surface area contributed by atoms with Gasteiger partial charge >= 0.3 is 0 Å². The van der Waals surface area contributed by atoms with E-state index in [0.717, 1.165) is 6.42 Å². The van der Waals surface area contributed by atoms with Crippen molar-refractivity contribution in [2.24, 2.45) is 11.8 Å². The molecular weight excluding hydrogens is 250 g/mol. The quantitative estimate of drug-likeness (QED) is 0.669. The van der Waals surface area contributed by atoms with Crippen LogP contribution in [0.4, 0.5) is 0 Å².